The fourth-order valence-corrected chi connectivity index (χ4v) is 1.86. The lowest BCUT2D eigenvalue weighted by Crippen LogP contribution is -2.04. The molecule has 0 aromatic carbocycles. The Morgan fingerprint density at radius 3 is 2.94 bits per heavy atom. The zero-order valence-corrected chi connectivity index (χ0v) is 9.89. The molecule has 6 heteroatoms. The van der Waals surface area contributed by atoms with Crippen molar-refractivity contribution in [2.24, 2.45) is 0 Å². The van der Waals surface area contributed by atoms with Crippen LogP contribution in [0.5, 0.6) is 0 Å². The molecule has 2 rings (SSSR count). The normalized spacial score (nSPS) is 10.7. The second-order valence-electron chi connectivity index (χ2n) is 3.10. The number of ether oxygens (including phenoxy) is 1. The number of carbonyl (C=O) groups is 1. The van der Waals surface area contributed by atoms with Crippen LogP contribution < -0.4 is 0 Å². The lowest BCUT2D eigenvalue weighted by Gasteiger charge is -1.96. The van der Waals surface area contributed by atoms with E-state index >= 15 is 0 Å². The summed E-state index contributed by atoms with van der Waals surface area (Å²) in [5.41, 5.74) is 0.996. The van der Waals surface area contributed by atoms with Gasteiger partial charge in [-0.1, -0.05) is 23.2 Å². The molecule has 1 N–H and O–H groups in total. The molecule has 0 radical (unpaired) electrons. The highest BCUT2D eigenvalue weighted by atomic mass is 35.5. The first-order valence-electron chi connectivity index (χ1n) is 4.63. The summed E-state index contributed by atoms with van der Waals surface area (Å²) in [6.07, 6.45) is 0. The quantitative estimate of drug-likeness (QED) is 0.666. The Balaban J connectivity index is 2.51. The van der Waals surface area contributed by atoms with E-state index < -0.39 is 5.97 Å². The zero-order chi connectivity index (χ0) is 11.7. The Morgan fingerprint density at radius 1 is 1.50 bits per heavy atom. The van der Waals surface area contributed by atoms with Crippen LogP contribution in [0.2, 0.25) is 10.3 Å². The highest BCUT2D eigenvalue weighted by molar-refractivity contribution is 6.36. The molecule has 0 atom stereocenters. The van der Waals surface area contributed by atoms with Crippen LogP contribution in [-0.2, 0) is 4.74 Å². The van der Waals surface area contributed by atoms with Crippen molar-refractivity contribution in [1.82, 2.24) is 9.97 Å². The van der Waals surface area contributed by atoms with Crippen LogP contribution in [0.3, 0.4) is 0 Å². The summed E-state index contributed by atoms with van der Waals surface area (Å²) >= 11 is 11.6. The van der Waals surface area contributed by atoms with Gasteiger partial charge in [-0.15, -0.1) is 0 Å². The summed E-state index contributed by atoms with van der Waals surface area (Å²) in [5, 5.41) is 1.18. The maximum Gasteiger partial charge on any atom is 0.354 e. The minimum Gasteiger partial charge on any atom is -0.461 e. The fraction of sp³-hybridized carbons (Fsp3) is 0.200. The number of carbonyl (C=O) groups excluding carboxylic acids is 1. The first kappa shape index (κ1) is 11.2. The predicted molar refractivity (Wildman–Crippen MR) is 62.1 cm³/mol. The Labute approximate surface area is 102 Å². The van der Waals surface area contributed by atoms with Crippen molar-refractivity contribution in [2.45, 2.75) is 6.92 Å². The van der Waals surface area contributed by atoms with Gasteiger partial charge in [-0.25, -0.2) is 9.78 Å². The van der Waals surface area contributed by atoms with E-state index in [0.717, 1.165) is 0 Å². The van der Waals surface area contributed by atoms with Crippen LogP contribution in [0.1, 0.15) is 17.4 Å². The van der Waals surface area contributed by atoms with Gasteiger partial charge in [0.25, 0.3) is 0 Å². The number of hydrogen-bond acceptors (Lipinski definition) is 3. The number of esters is 1. The van der Waals surface area contributed by atoms with Gasteiger partial charge in [-0.2, -0.15) is 0 Å². The molecule has 0 aliphatic heterocycles. The molecule has 2 heterocycles. The molecule has 16 heavy (non-hydrogen) atoms. The summed E-state index contributed by atoms with van der Waals surface area (Å²) in [7, 11) is 0. The lowest BCUT2D eigenvalue weighted by molar-refractivity contribution is 0.0520. The van der Waals surface area contributed by atoms with Gasteiger partial charge in [0, 0.05) is 5.39 Å². The van der Waals surface area contributed by atoms with Crippen molar-refractivity contribution < 1.29 is 9.53 Å². The number of fused-ring (bicyclic) bond motifs is 1. The molecule has 0 fully saturated rings. The molecule has 0 saturated heterocycles. The number of H-pyrrole nitrogens is 1. The monoisotopic (exact) mass is 258 g/mol. The lowest BCUT2D eigenvalue weighted by atomic mass is 10.3. The average Bonchev–Trinajstić information content (AvgIpc) is 2.62. The van der Waals surface area contributed by atoms with E-state index in [9.17, 15) is 4.79 Å². The van der Waals surface area contributed by atoms with E-state index in [1.165, 1.54) is 0 Å². The van der Waals surface area contributed by atoms with Gasteiger partial charge in [0.2, 0.25) is 0 Å². The largest absolute Gasteiger partial charge is 0.461 e. The summed E-state index contributed by atoms with van der Waals surface area (Å²) in [4.78, 5) is 18.2. The second-order valence-corrected chi connectivity index (χ2v) is 3.85. The maximum atomic E-state index is 11.5. The molecule has 0 amide bonds. The van der Waals surface area contributed by atoms with Crippen molar-refractivity contribution in [3.63, 3.8) is 0 Å². The Morgan fingerprint density at radius 2 is 2.25 bits per heavy atom. The van der Waals surface area contributed by atoms with Crippen molar-refractivity contribution in [1.29, 1.82) is 0 Å². The van der Waals surface area contributed by atoms with E-state index in [2.05, 4.69) is 9.97 Å². The molecule has 0 bridgehead atoms. The standard InChI is InChI=1S/C10H8Cl2N2O2/c1-2-16-10(15)7-3-5-6(13-7)4-8(11)14-9(5)12/h3-4,13H,2H2,1H3. The molecule has 2 aromatic heterocycles. The molecule has 0 aliphatic rings. The van der Waals surface area contributed by atoms with Crippen LogP contribution in [0, 0.1) is 0 Å². The molecule has 84 valence electrons. The van der Waals surface area contributed by atoms with Crippen LogP contribution >= 0.6 is 23.2 Å². The Kier molecular flexibility index (Phi) is 3.03. The summed E-state index contributed by atoms with van der Waals surface area (Å²) in [5.74, 6) is -0.425. The minimum atomic E-state index is -0.425. The van der Waals surface area contributed by atoms with Gasteiger partial charge in [-0.05, 0) is 19.1 Å². The van der Waals surface area contributed by atoms with Gasteiger partial charge >= 0.3 is 5.97 Å². The van der Waals surface area contributed by atoms with Crippen LogP contribution in [0.25, 0.3) is 10.9 Å². The van der Waals surface area contributed by atoms with Crippen molar-refractivity contribution in [3.8, 4) is 0 Å². The van der Waals surface area contributed by atoms with Crippen LogP contribution in [0.4, 0.5) is 0 Å². The maximum absolute atomic E-state index is 11.5. The summed E-state index contributed by atoms with van der Waals surface area (Å²) in [6.45, 7) is 2.06. The van der Waals surface area contributed by atoms with Crippen molar-refractivity contribution in [3.05, 3.63) is 28.1 Å². The smallest absolute Gasteiger partial charge is 0.354 e. The van der Waals surface area contributed by atoms with E-state index in [-0.39, 0.29) is 10.3 Å². The predicted octanol–water partition coefficient (Wildman–Crippen LogP) is 3.05. The highest BCUT2D eigenvalue weighted by Crippen LogP contribution is 2.25. The Bertz CT molecular complexity index is 551. The third kappa shape index (κ3) is 1.99. The molecular formula is C10H8Cl2N2O2. The molecule has 0 unspecified atom stereocenters. The molecule has 0 saturated carbocycles. The van der Waals surface area contributed by atoms with Gasteiger partial charge in [-0.3, -0.25) is 0 Å². The number of aromatic amines is 1. The molecule has 2 aromatic rings. The number of pyridine rings is 1. The fourth-order valence-electron chi connectivity index (χ4n) is 1.38. The Hall–Kier alpha value is -1.26. The first-order valence-corrected chi connectivity index (χ1v) is 5.39. The molecule has 4 nitrogen and oxygen atoms in total. The highest BCUT2D eigenvalue weighted by Gasteiger charge is 2.13. The average molecular weight is 259 g/mol. The number of aromatic nitrogens is 2. The SMILES string of the molecule is CCOC(=O)c1cc2c(Cl)nc(Cl)cc2[nH]1. The third-order valence-corrected chi connectivity index (χ3v) is 2.52. The second kappa shape index (κ2) is 4.31. The van der Waals surface area contributed by atoms with E-state index in [4.69, 9.17) is 27.9 Å². The number of rotatable bonds is 2. The molecule has 0 aliphatic carbocycles. The van der Waals surface area contributed by atoms with E-state index in [1.54, 1.807) is 19.1 Å². The third-order valence-electron chi connectivity index (χ3n) is 2.03. The van der Waals surface area contributed by atoms with Crippen LogP contribution in [0.15, 0.2) is 12.1 Å². The van der Waals surface area contributed by atoms with Gasteiger partial charge < -0.3 is 9.72 Å². The number of halogens is 2. The van der Waals surface area contributed by atoms with Gasteiger partial charge in [0.15, 0.2) is 0 Å². The number of nitrogens with one attached hydrogen (secondary N) is 1. The van der Waals surface area contributed by atoms with Crippen molar-refractivity contribution in [2.75, 3.05) is 6.61 Å². The first-order chi connectivity index (χ1) is 7.61. The van der Waals surface area contributed by atoms with E-state index in [0.29, 0.717) is 23.2 Å². The molecule has 0 spiro atoms. The van der Waals surface area contributed by atoms with Crippen LogP contribution in [-0.4, -0.2) is 22.5 Å². The molecular weight excluding hydrogens is 251 g/mol. The summed E-state index contributed by atoms with van der Waals surface area (Å²) < 4.78 is 4.86. The van der Waals surface area contributed by atoms with Gasteiger partial charge in [0.05, 0.1) is 12.1 Å². The van der Waals surface area contributed by atoms with Crippen molar-refractivity contribution >= 4 is 40.1 Å². The summed E-state index contributed by atoms with van der Waals surface area (Å²) in [6, 6.07) is 3.20. The number of nitrogens with zero attached hydrogens (tertiary/aromatic N) is 1. The topological polar surface area (TPSA) is 55.0 Å². The van der Waals surface area contributed by atoms with E-state index in [1.807, 2.05) is 0 Å². The minimum absolute atomic E-state index is 0.259. The van der Waals surface area contributed by atoms with Gasteiger partial charge in [0.1, 0.15) is 16.0 Å². The number of hydrogen-bond donors (Lipinski definition) is 1. The zero-order valence-electron chi connectivity index (χ0n) is 8.38.